The van der Waals surface area contributed by atoms with Crippen LogP contribution in [0.15, 0.2) is 42.7 Å². The second-order valence-corrected chi connectivity index (χ2v) is 7.83. The molecule has 0 fully saturated rings. The van der Waals surface area contributed by atoms with Gasteiger partial charge < -0.3 is 9.47 Å². The lowest BCUT2D eigenvalue weighted by Gasteiger charge is -2.11. The third kappa shape index (κ3) is 4.08. The smallest absolute Gasteiger partial charge is 0.310 e. The fraction of sp³-hybridized carbons (Fsp3) is 0.292. The summed E-state index contributed by atoms with van der Waals surface area (Å²) >= 11 is 6.16. The lowest BCUT2D eigenvalue weighted by atomic mass is 10.1. The van der Waals surface area contributed by atoms with E-state index in [-0.39, 0.29) is 12.4 Å². The molecule has 31 heavy (non-hydrogen) atoms. The number of halogens is 1. The molecule has 0 N–H and O–H groups in total. The monoisotopic (exact) mass is 437 g/mol. The molecule has 0 atom stereocenters. The minimum Gasteiger partial charge on any atom is -0.497 e. The van der Waals surface area contributed by atoms with Gasteiger partial charge >= 0.3 is 5.97 Å². The molecule has 0 aliphatic heterocycles. The average Bonchev–Trinajstić information content (AvgIpc) is 3.03. The number of ether oxygens (including phenoxy) is 2. The number of benzene rings is 2. The molecule has 2 heterocycles. The van der Waals surface area contributed by atoms with Crippen LogP contribution in [0.25, 0.3) is 27.6 Å². The first-order valence-corrected chi connectivity index (χ1v) is 10.7. The summed E-state index contributed by atoms with van der Waals surface area (Å²) in [6, 6.07) is 11.4. The lowest BCUT2D eigenvalue weighted by Crippen LogP contribution is -2.10. The Kier molecular flexibility index (Phi) is 6.09. The van der Waals surface area contributed by atoms with Gasteiger partial charge in [-0.05, 0) is 55.3 Å². The normalized spacial score (nSPS) is 11.2. The van der Waals surface area contributed by atoms with Gasteiger partial charge in [0, 0.05) is 21.5 Å². The molecule has 0 aliphatic rings. The van der Waals surface area contributed by atoms with Crippen molar-refractivity contribution >= 4 is 39.4 Å². The molecular formula is C24H24ClN3O3. The fourth-order valence-electron chi connectivity index (χ4n) is 3.81. The first-order chi connectivity index (χ1) is 15.0. The van der Waals surface area contributed by atoms with Crippen LogP contribution in [0.2, 0.25) is 5.02 Å². The number of fused-ring (bicyclic) bond motifs is 2. The summed E-state index contributed by atoms with van der Waals surface area (Å²) in [4.78, 5) is 21.5. The van der Waals surface area contributed by atoms with E-state index >= 15 is 0 Å². The first kappa shape index (κ1) is 21.1. The van der Waals surface area contributed by atoms with Gasteiger partial charge in [0.15, 0.2) is 0 Å². The topological polar surface area (TPSA) is 66.2 Å². The highest BCUT2D eigenvalue weighted by Crippen LogP contribution is 2.34. The molecule has 160 valence electrons. The van der Waals surface area contributed by atoms with E-state index in [0.29, 0.717) is 11.6 Å². The molecule has 0 bridgehead atoms. The van der Waals surface area contributed by atoms with Gasteiger partial charge in [-0.2, -0.15) is 0 Å². The molecule has 6 nitrogen and oxygen atoms in total. The van der Waals surface area contributed by atoms with Crippen LogP contribution in [0.5, 0.6) is 5.75 Å². The number of hydrogen-bond donors (Lipinski definition) is 0. The Morgan fingerprint density at radius 2 is 1.97 bits per heavy atom. The molecule has 2 aromatic heterocycles. The van der Waals surface area contributed by atoms with Gasteiger partial charge in [0.25, 0.3) is 0 Å². The van der Waals surface area contributed by atoms with Crippen molar-refractivity contribution in [3.8, 4) is 11.6 Å². The predicted octanol–water partition coefficient (Wildman–Crippen LogP) is 5.43. The van der Waals surface area contributed by atoms with Crippen LogP contribution in [0.1, 0.15) is 31.0 Å². The Balaban J connectivity index is 1.89. The van der Waals surface area contributed by atoms with Crippen molar-refractivity contribution in [2.75, 3.05) is 13.7 Å². The highest BCUT2D eigenvalue weighted by Gasteiger charge is 2.21. The molecule has 4 rings (SSSR count). The number of carbonyl (C=O) groups excluding carboxylic acids is 1. The van der Waals surface area contributed by atoms with E-state index in [2.05, 4.69) is 21.5 Å². The minimum absolute atomic E-state index is 0.182. The number of nitrogens with zero attached hydrogens (tertiary/aromatic N) is 3. The highest BCUT2D eigenvalue weighted by molar-refractivity contribution is 6.31. The van der Waals surface area contributed by atoms with Crippen LogP contribution < -0.4 is 4.74 Å². The summed E-state index contributed by atoms with van der Waals surface area (Å²) < 4.78 is 12.9. The van der Waals surface area contributed by atoms with Gasteiger partial charge in [-0.1, -0.05) is 24.9 Å². The van der Waals surface area contributed by atoms with Crippen molar-refractivity contribution in [1.82, 2.24) is 14.5 Å². The molecule has 7 heteroatoms. The van der Waals surface area contributed by atoms with E-state index < -0.39 is 0 Å². The zero-order valence-electron chi connectivity index (χ0n) is 17.8. The summed E-state index contributed by atoms with van der Waals surface area (Å²) in [6.45, 7) is 4.50. The second-order valence-electron chi connectivity index (χ2n) is 7.39. The maximum absolute atomic E-state index is 12.5. The SMILES string of the molecule is CCCCOC(=O)Cc1c(C)n(-c2ncnc3cc(Cl)ccc23)c2ccc(OC)cc12. The van der Waals surface area contributed by atoms with Gasteiger partial charge in [0.2, 0.25) is 0 Å². The molecule has 0 saturated heterocycles. The molecule has 0 amide bonds. The van der Waals surface area contributed by atoms with Crippen molar-refractivity contribution in [1.29, 1.82) is 0 Å². The molecular weight excluding hydrogens is 414 g/mol. The lowest BCUT2D eigenvalue weighted by molar-refractivity contribution is -0.142. The van der Waals surface area contributed by atoms with Crippen molar-refractivity contribution in [2.24, 2.45) is 0 Å². The number of methoxy groups -OCH3 is 1. The Bertz CT molecular complexity index is 1270. The summed E-state index contributed by atoms with van der Waals surface area (Å²) in [6.07, 6.45) is 3.55. The summed E-state index contributed by atoms with van der Waals surface area (Å²) in [5, 5.41) is 2.43. The van der Waals surface area contributed by atoms with E-state index in [0.717, 1.165) is 57.5 Å². The van der Waals surface area contributed by atoms with Gasteiger partial charge in [-0.15, -0.1) is 0 Å². The molecule has 0 saturated carbocycles. The maximum Gasteiger partial charge on any atom is 0.310 e. The zero-order chi connectivity index (χ0) is 22.0. The third-order valence-corrected chi connectivity index (χ3v) is 5.65. The summed E-state index contributed by atoms with van der Waals surface area (Å²) in [5.41, 5.74) is 3.51. The van der Waals surface area contributed by atoms with Crippen molar-refractivity contribution in [3.05, 3.63) is 59.0 Å². The van der Waals surface area contributed by atoms with E-state index in [1.54, 1.807) is 7.11 Å². The van der Waals surface area contributed by atoms with Crippen LogP contribution in [0.3, 0.4) is 0 Å². The van der Waals surface area contributed by atoms with E-state index in [4.69, 9.17) is 21.1 Å². The maximum atomic E-state index is 12.5. The molecule has 0 unspecified atom stereocenters. The Morgan fingerprint density at radius 1 is 1.13 bits per heavy atom. The molecule has 4 aromatic rings. The van der Waals surface area contributed by atoms with Gasteiger partial charge in [-0.3, -0.25) is 9.36 Å². The van der Waals surface area contributed by atoms with Gasteiger partial charge in [0.05, 0.1) is 31.2 Å². The van der Waals surface area contributed by atoms with Crippen molar-refractivity contribution in [3.63, 3.8) is 0 Å². The standard InChI is InChI=1S/C24H24ClN3O3/c1-4-5-10-31-23(29)13-19-15(2)28(22-9-7-17(30-3)12-20(19)22)24-18-8-6-16(25)11-21(18)26-14-27-24/h6-9,11-12,14H,4-5,10,13H2,1-3H3. The number of carbonyl (C=O) groups is 1. The number of unbranched alkanes of at least 4 members (excludes halogenated alkanes) is 1. The largest absolute Gasteiger partial charge is 0.497 e. The first-order valence-electron chi connectivity index (χ1n) is 10.3. The Hall–Kier alpha value is -3.12. The van der Waals surface area contributed by atoms with E-state index in [9.17, 15) is 4.79 Å². The van der Waals surface area contributed by atoms with Crippen LogP contribution in [-0.2, 0) is 16.0 Å². The molecule has 0 radical (unpaired) electrons. The van der Waals surface area contributed by atoms with E-state index in [1.807, 2.05) is 43.3 Å². The van der Waals surface area contributed by atoms with Crippen LogP contribution >= 0.6 is 11.6 Å². The summed E-state index contributed by atoms with van der Waals surface area (Å²) in [7, 11) is 1.63. The quantitative estimate of drug-likeness (QED) is 0.285. The van der Waals surface area contributed by atoms with Crippen LogP contribution in [0, 0.1) is 6.92 Å². The van der Waals surface area contributed by atoms with E-state index in [1.165, 1.54) is 6.33 Å². The number of rotatable bonds is 7. The summed E-state index contributed by atoms with van der Waals surface area (Å²) in [5.74, 6) is 1.22. The van der Waals surface area contributed by atoms with Gasteiger partial charge in [-0.25, -0.2) is 9.97 Å². The Morgan fingerprint density at radius 3 is 2.74 bits per heavy atom. The van der Waals surface area contributed by atoms with Crippen molar-refractivity contribution < 1.29 is 14.3 Å². The van der Waals surface area contributed by atoms with Crippen LogP contribution in [-0.4, -0.2) is 34.2 Å². The van der Waals surface area contributed by atoms with Crippen molar-refractivity contribution in [2.45, 2.75) is 33.1 Å². The van der Waals surface area contributed by atoms with Crippen LogP contribution in [0.4, 0.5) is 0 Å². The molecule has 0 aliphatic carbocycles. The minimum atomic E-state index is -0.238. The second kappa shape index (κ2) is 8.94. The number of hydrogen-bond acceptors (Lipinski definition) is 5. The predicted molar refractivity (Wildman–Crippen MR) is 122 cm³/mol. The zero-order valence-corrected chi connectivity index (χ0v) is 18.6. The number of aromatic nitrogens is 3. The highest BCUT2D eigenvalue weighted by atomic mass is 35.5. The third-order valence-electron chi connectivity index (χ3n) is 5.41. The fourth-order valence-corrected chi connectivity index (χ4v) is 3.97. The molecule has 0 spiro atoms. The molecule has 2 aromatic carbocycles. The average molecular weight is 438 g/mol. The number of esters is 1. The Labute approximate surface area is 185 Å². The van der Waals surface area contributed by atoms with Gasteiger partial charge in [0.1, 0.15) is 17.9 Å².